The molecule has 16 heavy (non-hydrogen) atoms. The van der Waals surface area contributed by atoms with Gasteiger partial charge in [0.1, 0.15) is 6.10 Å². The van der Waals surface area contributed by atoms with Crippen LogP contribution in [0.4, 0.5) is 0 Å². The maximum atomic E-state index is 11.2. The topological polar surface area (TPSA) is 75.6 Å². The fraction of sp³-hybridized carbons (Fsp3) is 0.818. The van der Waals surface area contributed by atoms with Crippen LogP contribution < -0.4 is 5.32 Å². The smallest absolute Gasteiger partial charge is 0.306 e. The van der Waals surface area contributed by atoms with Crippen LogP contribution in [0.1, 0.15) is 32.6 Å². The summed E-state index contributed by atoms with van der Waals surface area (Å²) in [4.78, 5) is 22.0. The van der Waals surface area contributed by atoms with Crippen LogP contribution in [0.15, 0.2) is 0 Å². The van der Waals surface area contributed by atoms with Crippen molar-refractivity contribution in [3.05, 3.63) is 0 Å². The van der Waals surface area contributed by atoms with Gasteiger partial charge in [0.2, 0.25) is 5.91 Å². The summed E-state index contributed by atoms with van der Waals surface area (Å²) in [6, 6.07) is 0. The van der Waals surface area contributed by atoms with Gasteiger partial charge in [0, 0.05) is 7.05 Å². The lowest BCUT2D eigenvalue weighted by molar-refractivity contribution is -0.146. The molecule has 0 heterocycles. The molecule has 1 unspecified atom stereocenters. The number of hydrogen-bond acceptors (Lipinski definition) is 3. The maximum Gasteiger partial charge on any atom is 0.306 e. The monoisotopic (exact) mass is 229 g/mol. The summed E-state index contributed by atoms with van der Waals surface area (Å²) in [6.07, 6.45) is 2.27. The first kappa shape index (κ1) is 13.0. The van der Waals surface area contributed by atoms with Gasteiger partial charge in [-0.25, -0.2) is 0 Å². The Morgan fingerprint density at radius 2 is 1.88 bits per heavy atom. The van der Waals surface area contributed by atoms with E-state index < -0.39 is 12.1 Å². The summed E-state index contributed by atoms with van der Waals surface area (Å²) in [6.45, 7) is 1.71. The number of carbonyl (C=O) groups excluding carboxylic acids is 1. The molecule has 1 aliphatic rings. The van der Waals surface area contributed by atoms with Crippen molar-refractivity contribution in [2.24, 2.45) is 5.92 Å². The fourth-order valence-corrected chi connectivity index (χ4v) is 2.00. The van der Waals surface area contributed by atoms with Crippen LogP contribution in [0.3, 0.4) is 0 Å². The molecule has 0 saturated heterocycles. The highest BCUT2D eigenvalue weighted by molar-refractivity contribution is 5.79. The minimum atomic E-state index is -0.724. The zero-order valence-electron chi connectivity index (χ0n) is 9.73. The van der Waals surface area contributed by atoms with Crippen molar-refractivity contribution in [2.45, 2.75) is 44.8 Å². The van der Waals surface area contributed by atoms with Gasteiger partial charge in [0.25, 0.3) is 0 Å². The van der Waals surface area contributed by atoms with E-state index in [1.54, 1.807) is 14.0 Å². The summed E-state index contributed by atoms with van der Waals surface area (Å²) < 4.78 is 5.57. The minimum absolute atomic E-state index is 0.0166. The predicted molar refractivity (Wildman–Crippen MR) is 58.0 cm³/mol. The van der Waals surface area contributed by atoms with E-state index in [0.717, 1.165) is 12.8 Å². The number of carbonyl (C=O) groups is 2. The van der Waals surface area contributed by atoms with Crippen LogP contribution in [0, 0.1) is 5.92 Å². The van der Waals surface area contributed by atoms with E-state index in [0.29, 0.717) is 12.8 Å². The van der Waals surface area contributed by atoms with Crippen LogP contribution in [0.2, 0.25) is 0 Å². The molecule has 1 aliphatic carbocycles. The summed E-state index contributed by atoms with van der Waals surface area (Å²) in [5, 5.41) is 11.4. The molecule has 0 aliphatic heterocycles. The molecule has 1 fully saturated rings. The highest BCUT2D eigenvalue weighted by Gasteiger charge is 2.28. The van der Waals surface area contributed by atoms with Crippen molar-refractivity contribution in [3.8, 4) is 0 Å². The number of rotatable bonds is 4. The molecule has 1 amide bonds. The number of carboxylic acid groups (broad SMARTS) is 1. The third-order valence-electron chi connectivity index (χ3n) is 3.04. The van der Waals surface area contributed by atoms with Gasteiger partial charge in [-0.2, -0.15) is 0 Å². The molecule has 5 heteroatoms. The van der Waals surface area contributed by atoms with Crippen molar-refractivity contribution >= 4 is 11.9 Å². The van der Waals surface area contributed by atoms with Gasteiger partial charge >= 0.3 is 5.97 Å². The van der Waals surface area contributed by atoms with Crippen molar-refractivity contribution in [3.63, 3.8) is 0 Å². The second-order valence-electron chi connectivity index (χ2n) is 4.20. The standard InChI is InChI=1S/C11H19NO4/c1-7(10(13)12-2)16-9-5-3-8(4-6-9)11(14)15/h7-9H,3-6H2,1-2H3,(H,12,13)(H,14,15). The molecule has 0 spiro atoms. The second kappa shape index (κ2) is 5.84. The molecular weight excluding hydrogens is 210 g/mol. The minimum Gasteiger partial charge on any atom is -0.481 e. The highest BCUT2D eigenvalue weighted by atomic mass is 16.5. The normalized spacial score (nSPS) is 27.1. The molecular formula is C11H19NO4. The van der Waals surface area contributed by atoms with Crippen LogP contribution >= 0.6 is 0 Å². The Labute approximate surface area is 95.2 Å². The molecule has 0 radical (unpaired) electrons. The molecule has 0 aromatic rings. The third kappa shape index (κ3) is 3.48. The Hall–Kier alpha value is -1.10. The third-order valence-corrected chi connectivity index (χ3v) is 3.04. The van der Waals surface area contributed by atoms with Crippen molar-refractivity contribution in [2.75, 3.05) is 7.05 Å². The van der Waals surface area contributed by atoms with Gasteiger partial charge in [-0.3, -0.25) is 9.59 Å². The molecule has 1 saturated carbocycles. The Morgan fingerprint density at radius 3 is 2.31 bits per heavy atom. The lowest BCUT2D eigenvalue weighted by Gasteiger charge is -2.28. The van der Waals surface area contributed by atoms with Crippen molar-refractivity contribution in [1.82, 2.24) is 5.32 Å². The van der Waals surface area contributed by atoms with E-state index >= 15 is 0 Å². The van der Waals surface area contributed by atoms with E-state index in [4.69, 9.17) is 9.84 Å². The number of carboxylic acids is 1. The molecule has 1 atom stereocenters. The number of amides is 1. The first-order chi connectivity index (χ1) is 7.54. The molecule has 0 bridgehead atoms. The average molecular weight is 229 g/mol. The zero-order chi connectivity index (χ0) is 12.1. The lowest BCUT2D eigenvalue weighted by atomic mass is 9.87. The Morgan fingerprint density at radius 1 is 1.31 bits per heavy atom. The lowest BCUT2D eigenvalue weighted by Crippen LogP contribution is -2.36. The van der Waals surface area contributed by atoms with Gasteiger partial charge < -0.3 is 15.2 Å². The van der Waals surface area contributed by atoms with Gasteiger partial charge in [-0.05, 0) is 32.6 Å². The first-order valence-electron chi connectivity index (χ1n) is 5.64. The number of likely N-dealkylation sites (N-methyl/N-ethyl adjacent to an activating group) is 1. The van der Waals surface area contributed by atoms with Crippen LogP contribution in [0.5, 0.6) is 0 Å². The first-order valence-corrected chi connectivity index (χ1v) is 5.64. The second-order valence-corrected chi connectivity index (χ2v) is 4.20. The molecule has 5 nitrogen and oxygen atoms in total. The molecule has 1 rings (SSSR count). The number of aliphatic carboxylic acids is 1. The Kier molecular flexibility index (Phi) is 4.73. The van der Waals surface area contributed by atoms with E-state index in [9.17, 15) is 9.59 Å². The predicted octanol–water partition coefficient (Wildman–Crippen LogP) is 0.781. The van der Waals surface area contributed by atoms with Crippen LogP contribution in [-0.4, -0.2) is 36.2 Å². The largest absolute Gasteiger partial charge is 0.481 e. The number of ether oxygens (including phenoxy) is 1. The zero-order valence-corrected chi connectivity index (χ0v) is 9.73. The van der Waals surface area contributed by atoms with E-state index in [2.05, 4.69) is 5.32 Å². The Balaban J connectivity index is 2.32. The van der Waals surface area contributed by atoms with Crippen molar-refractivity contribution in [1.29, 1.82) is 0 Å². The molecule has 92 valence electrons. The van der Waals surface area contributed by atoms with E-state index in [-0.39, 0.29) is 17.9 Å². The molecule has 2 N–H and O–H groups in total. The number of nitrogens with one attached hydrogen (secondary N) is 1. The van der Waals surface area contributed by atoms with Gasteiger partial charge in [0.05, 0.1) is 12.0 Å². The van der Waals surface area contributed by atoms with E-state index in [1.165, 1.54) is 0 Å². The van der Waals surface area contributed by atoms with Crippen LogP contribution in [0.25, 0.3) is 0 Å². The fourth-order valence-electron chi connectivity index (χ4n) is 2.00. The summed E-state index contributed by atoms with van der Waals surface area (Å²) in [7, 11) is 1.57. The van der Waals surface area contributed by atoms with Gasteiger partial charge in [-0.1, -0.05) is 0 Å². The Bertz CT molecular complexity index is 259. The molecule has 0 aromatic heterocycles. The summed E-state index contributed by atoms with van der Waals surface area (Å²) in [5.74, 6) is -1.10. The van der Waals surface area contributed by atoms with E-state index in [1.807, 2.05) is 0 Å². The van der Waals surface area contributed by atoms with Crippen LogP contribution in [-0.2, 0) is 14.3 Å². The number of hydrogen-bond donors (Lipinski definition) is 2. The maximum absolute atomic E-state index is 11.2. The van der Waals surface area contributed by atoms with Gasteiger partial charge in [-0.15, -0.1) is 0 Å². The molecule has 0 aromatic carbocycles. The highest BCUT2D eigenvalue weighted by Crippen LogP contribution is 2.27. The quantitative estimate of drug-likeness (QED) is 0.747. The SMILES string of the molecule is CNC(=O)C(C)OC1CCC(C(=O)O)CC1. The summed E-state index contributed by atoms with van der Waals surface area (Å²) in [5.41, 5.74) is 0. The van der Waals surface area contributed by atoms with Gasteiger partial charge in [0.15, 0.2) is 0 Å². The average Bonchev–Trinajstić information content (AvgIpc) is 2.28. The van der Waals surface area contributed by atoms with Crippen molar-refractivity contribution < 1.29 is 19.4 Å². The summed E-state index contributed by atoms with van der Waals surface area (Å²) >= 11 is 0.